The largest absolute Gasteiger partial charge is 0.304 e. The molecule has 0 unspecified atom stereocenters. The van der Waals surface area contributed by atoms with Gasteiger partial charge in [0.15, 0.2) is 0 Å². The average molecular weight is 227 g/mol. The third kappa shape index (κ3) is 2.52. The molecule has 86 valence electrons. The number of fused-ring (bicyclic) bond motifs is 1. The summed E-state index contributed by atoms with van der Waals surface area (Å²) in [7, 11) is 0. The van der Waals surface area contributed by atoms with Crippen LogP contribution in [0, 0.1) is 12.3 Å². The van der Waals surface area contributed by atoms with Crippen molar-refractivity contribution >= 4 is 11.0 Å². The van der Waals surface area contributed by atoms with E-state index in [1.54, 1.807) is 4.57 Å². The maximum absolute atomic E-state index is 11.7. The standard InChI is InChI=1S/C13H13N3O/c1-2-7-14-8-9-16-12-6-4-3-5-11(12)15-10-13(16)17/h1,3-6,10,14H,7-9H2. The summed E-state index contributed by atoms with van der Waals surface area (Å²) in [6.07, 6.45) is 6.49. The van der Waals surface area contributed by atoms with Crippen molar-refractivity contribution in [3.05, 3.63) is 40.8 Å². The van der Waals surface area contributed by atoms with Crippen LogP contribution in [0.1, 0.15) is 0 Å². The predicted octanol–water partition coefficient (Wildman–Crippen LogP) is 0.619. The summed E-state index contributed by atoms with van der Waals surface area (Å²) < 4.78 is 1.70. The van der Waals surface area contributed by atoms with Crippen LogP contribution >= 0.6 is 0 Å². The van der Waals surface area contributed by atoms with Gasteiger partial charge in [0.1, 0.15) is 0 Å². The van der Waals surface area contributed by atoms with Gasteiger partial charge in [0.2, 0.25) is 0 Å². The van der Waals surface area contributed by atoms with Crippen molar-refractivity contribution in [3.8, 4) is 12.3 Å². The Morgan fingerprint density at radius 1 is 1.41 bits per heavy atom. The molecule has 1 N–H and O–H groups in total. The van der Waals surface area contributed by atoms with E-state index < -0.39 is 0 Å². The second kappa shape index (κ2) is 5.28. The minimum absolute atomic E-state index is 0.0915. The molecule has 0 bridgehead atoms. The molecule has 1 aromatic heterocycles. The maximum atomic E-state index is 11.7. The van der Waals surface area contributed by atoms with Gasteiger partial charge in [0.25, 0.3) is 5.56 Å². The van der Waals surface area contributed by atoms with E-state index in [1.165, 1.54) is 6.20 Å². The lowest BCUT2D eigenvalue weighted by Gasteiger charge is -2.09. The summed E-state index contributed by atoms with van der Waals surface area (Å²) in [4.78, 5) is 15.8. The van der Waals surface area contributed by atoms with Gasteiger partial charge < -0.3 is 9.88 Å². The van der Waals surface area contributed by atoms with Crippen molar-refractivity contribution in [3.63, 3.8) is 0 Å². The summed E-state index contributed by atoms with van der Waals surface area (Å²) in [5.74, 6) is 2.49. The highest BCUT2D eigenvalue weighted by Crippen LogP contribution is 2.07. The number of nitrogens with one attached hydrogen (secondary N) is 1. The Hall–Kier alpha value is -2.12. The second-order valence-electron chi connectivity index (χ2n) is 3.62. The van der Waals surface area contributed by atoms with Crippen LogP contribution in [0.4, 0.5) is 0 Å². The van der Waals surface area contributed by atoms with Gasteiger partial charge in [-0.1, -0.05) is 18.1 Å². The minimum Gasteiger partial charge on any atom is -0.304 e. The SMILES string of the molecule is C#CCNCCn1c(=O)cnc2ccccc21. The normalized spacial score (nSPS) is 10.3. The lowest BCUT2D eigenvalue weighted by molar-refractivity contribution is 0.627. The molecular formula is C13H13N3O. The molecule has 0 aliphatic rings. The lowest BCUT2D eigenvalue weighted by Crippen LogP contribution is -2.27. The summed E-state index contributed by atoms with van der Waals surface area (Å²) in [6, 6.07) is 7.58. The van der Waals surface area contributed by atoms with Gasteiger partial charge in [-0.05, 0) is 12.1 Å². The van der Waals surface area contributed by atoms with Gasteiger partial charge in [-0.3, -0.25) is 4.79 Å². The van der Waals surface area contributed by atoms with Gasteiger partial charge in [-0.15, -0.1) is 6.42 Å². The van der Waals surface area contributed by atoms with Gasteiger partial charge in [-0.25, -0.2) is 4.98 Å². The van der Waals surface area contributed by atoms with E-state index in [0.717, 1.165) is 11.0 Å². The van der Waals surface area contributed by atoms with Crippen LogP contribution < -0.4 is 10.9 Å². The van der Waals surface area contributed by atoms with Gasteiger partial charge in [0, 0.05) is 13.1 Å². The van der Waals surface area contributed by atoms with Gasteiger partial charge >= 0.3 is 0 Å². The van der Waals surface area contributed by atoms with Crippen molar-refractivity contribution in [2.24, 2.45) is 0 Å². The molecule has 0 amide bonds. The fourth-order valence-corrected chi connectivity index (χ4v) is 1.70. The highest BCUT2D eigenvalue weighted by Gasteiger charge is 2.02. The zero-order chi connectivity index (χ0) is 12.1. The van der Waals surface area contributed by atoms with Crippen molar-refractivity contribution in [1.29, 1.82) is 0 Å². The number of nitrogens with zero attached hydrogens (tertiary/aromatic N) is 2. The van der Waals surface area contributed by atoms with Crippen LogP contribution in [0.3, 0.4) is 0 Å². The molecular weight excluding hydrogens is 214 g/mol. The first kappa shape index (κ1) is 11.4. The summed E-state index contributed by atoms with van der Waals surface area (Å²) in [5, 5.41) is 3.06. The molecule has 0 aliphatic heterocycles. The molecule has 0 saturated heterocycles. The average Bonchev–Trinajstić information content (AvgIpc) is 2.37. The molecule has 4 heteroatoms. The first-order chi connectivity index (χ1) is 8.33. The Kier molecular flexibility index (Phi) is 3.53. The van der Waals surface area contributed by atoms with Crippen molar-refractivity contribution in [2.75, 3.05) is 13.1 Å². The Bertz CT molecular complexity index is 610. The van der Waals surface area contributed by atoms with Crippen LogP contribution in [-0.4, -0.2) is 22.6 Å². The van der Waals surface area contributed by atoms with Crippen LogP contribution in [0.2, 0.25) is 0 Å². The fourth-order valence-electron chi connectivity index (χ4n) is 1.70. The molecule has 1 heterocycles. The lowest BCUT2D eigenvalue weighted by atomic mass is 10.3. The quantitative estimate of drug-likeness (QED) is 0.615. The minimum atomic E-state index is -0.0915. The number of hydrogen-bond donors (Lipinski definition) is 1. The van der Waals surface area contributed by atoms with E-state index in [4.69, 9.17) is 6.42 Å². The third-order valence-corrected chi connectivity index (χ3v) is 2.49. The first-order valence-electron chi connectivity index (χ1n) is 5.41. The van der Waals surface area contributed by atoms with Crippen LogP contribution in [-0.2, 0) is 6.54 Å². The maximum Gasteiger partial charge on any atom is 0.269 e. The topological polar surface area (TPSA) is 46.9 Å². The van der Waals surface area contributed by atoms with E-state index in [-0.39, 0.29) is 5.56 Å². The molecule has 0 aliphatic carbocycles. The number of aromatic nitrogens is 2. The highest BCUT2D eigenvalue weighted by molar-refractivity contribution is 5.74. The molecule has 0 radical (unpaired) electrons. The monoisotopic (exact) mass is 227 g/mol. The van der Waals surface area contributed by atoms with Gasteiger partial charge in [0.05, 0.1) is 23.8 Å². The summed E-state index contributed by atoms with van der Waals surface area (Å²) >= 11 is 0. The van der Waals surface area contributed by atoms with E-state index in [2.05, 4.69) is 16.2 Å². The van der Waals surface area contributed by atoms with Crippen LogP contribution in [0.15, 0.2) is 35.3 Å². The number of terminal acetylenes is 1. The Labute approximate surface area is 99.3 Å². The molecule has 17 heavy (non-hydrogen) atoms. The Morgan fingerprint density at radius 2 is 2.24 bits per heavy atom. The number of para-hydroxylation sites is 2. The summed E-state index contributed by atoms with van der Waals surface area (Å²) in [5.41, 5.74) is 1.58. The molecule has 0 atom stereocenters. The first-order valence-corrected chi connectivity index (χ1v) is 5.41. The molecule has 0 fully saturated rings. The number of hydrogen-bond acceptors (Lipinski definition) is 3. The van der Waals surface area contributed by atoms with Crippen molar-refractivity contribution in [2.45, 2.75) is 6.54 Å². The van der Waals surface area contributed by atoms with E-state index >= 15 is 0 Å². The molecule has 2 aromatic rings. The molecule has 1 aromatic carbocycles. The van der Waals surface area contributed by atoms with Gasteiger partial charge in [-0.2, -0.15) is 0 Å². The Morgan fingerprint density at radius 3 is 3.06 bits per heavy atom. The zero-order valence-electron chi connectivity index (χ0n) is 9.39. The van der Waals surface area contributed by atoms with E-state index in [9.17, 15) is 4.79 Å². The third-order valence-electron chi connectivity index (χ3n) is 2.49. The van der Waals surface area contributed by atoms with Crippen LogP contribution in [0.5, 0.6) is 0 Å². The molecule has 2 rings (SSSR count). The smallest absolute Gasteiger partial charge is 0.269 e. The summed E-state index contributed by atoms with van der Waals surface area (Å²) in [6.45, 7) is 1.76. The van der Waals surface area contributed by atoms with E-state index in [1.807, 2.05) is 24.3 Å². The van der Waals surface area contributed by atoms with Crippen molar-refractivity contribution in [1.82, 2.24) is 14.9 Å². The fraction of sp³-hybridized carbons (Fsp3) is 0.231. The number of benzene rings is 1. The Balaban J connectivity index is 2.29. The highest BCUT2D eigenvalue weighted by atomic mass is 16.1. The molecule has 0 spiro atoms. The number of rotatable bonds is 4. The van der Waals surface area contributed by atoms with Crippen LogP contribution in [0.25, 0.3) is 11.0 Å². The van der Waals surface area contributed by atoms with Crippen molar-refractivity contribution < 1.29 is 0 Å². The van der Waals surface area contributed by atoms with E-state index in [0.29, 0.717) is 19.6 Å². The second-order valence-corrected chi connectivity index (χ2v) is 3.62. The predicted molar refractivity (Wildman–Crippen MR) is 67.7 cm³/mol. The molecule has 0 saturated carbocycles. The molecule has 4 nitrogen and oxygen atoms in total. The zero-order valence-corrected chi connectivity index (χ0v) is 9.39.